The third-order valence-corrected chi connectivity index (χ3v) is 2.46. The number of halogens is 2. The van der Waals surface area contributed by atoms with Gasteiger partial charge in [-0.3, -0.25) is 0 Å². The van der Waals surface area contributed by atoms with E-state index >= 15 is 0 Å². The summed E-state index contributed by atoms with van der Waals surface area (Å²) in [5, 5.41) is 0. The minimum absolute atomic E-state index is 0. The summed E-state index contributed by atoms with van der Waals surface area (Å²) in [6, 6.07) is 6.03. The van der Waals surface area contributed by atoms with Gasteiger partial charge < -0.3 is 5.73 Å². The van der Waals surface area contributed by atoms with Crippen LogP contribution in [0.3, 0.4) is 0 Å². The van der Waals surface area contributed by atoms with Crippen LogP contribution in [0.15, 0.2) is 18.2 Å². The predicted molar refractivity (Wildman–Crippen MR) is 60.2 cm³/mol. The average molecular weight is 284 g/mol. The van der Waals surface area contributed by atoms with Crippen molar-refractivity contribution in [3.05, 3.63) is 27.3 Å². The topological polar surface area (TPSA) is 26.0 Å². The molecule has 0 atom stereocenters. The highest BCUT2D eigenvalue weighted by molar-refractivity contribution is 14.1. The van der Waals surface area contributed by atoms with Gasteiger partial charge in [0.1, 0.15) is 0 Å². The first-order valence-electron chi connectivity index (χ1n) is 3.28. The number of aryl methyl sites for hydroxylation is 1. The molecule has 0 aromatic heterocycles. The fourth-order valence-electron chi connectivity index (χ4n) is 0.850. The van der Waals surface area contributed by atoms with E-state index in [1.165, 1.54) is 9.13 Å². The second kappa shape index (κ2) is 4.83. The monoisotopic (exact) mass is 283 g/mol. The van der Waals surface area contributed by atoms with E-state index in [4.69, 9.17) is 5.73 Å². The van der Waals surface area contributed by atoms with Crippen LogP contribution in [0.2, 0.25) is 0 Å². The van der Waals surface area contributed by atoms with Gasteiger partial charge in [-0.2, -0.15) is 0 Å². The van der Waals surface area contributed by atoms with E-state index in [1.54, 1.807) is 0 Å². The maximum Gasteiger partial charge on any atom is 0.0324 e. The molecule has 1 nitrogen and oxygen atoms in total. The molecule has 0 fully saturated rings. The zero-order valence-corrected chi connectivity index (χ0v) is 9.28. The minimum atomic E-state index is 0. The summed E-state index contributed by atoms with van der Waals surface area (Å²) in [4.78, 5) is 0. The highest BCUT2D eigenvalue weighted by Gasteiger charge is 1.95. The summed E-state index contributed by atoms with van der Waals surface area (Å²) in [5.41, 5.74) is 7.80. The first-order valence-corrected chi connectivity index (χ1v) is 4.36. The quantitative estimate of drug-likeness (QED) is 0.622. The Balaban J connectivity index is 0.000001000. The molecule has 0 aliphatic rings. The maximum atomic E-state index is 5.58. The summed E-state index contributed by atoms with van der Waals surface area (Å²) >= 11 is 2.31. The maximum absolute atomic E-state index is 5.58. The van der Waals surface area contributed by atoms with Gasteiger partial charge in [-0.15, -0.1) is 12.4 Å². The van der Waals surface area contributed by atoms with Crippen molar-refractivity contribution in [2.24, 2.45) is 0 Å². The molecule has 2 N–H and O–H groups in total. The third kappa shape index (κ3) is 2.87. The molecule has 0 aliphatic carbocycles. The second-order valence-corrected chi connectivity index (χ2v) is 3.37. The molecule has 1 aromatic rings. The second-order valence-electron chi connectivity index (χ2n) is 2.20. The van der Waals surface area contributed by atoms with Crippen LogP contribution < -0.4 is 5.73 Å². The Labute approximate surface area is 86.9 Å². The van der Waals surface area contributed by atoms with Crippen molar-refractivity contribution in [3.63, 3.8) is 0 Å². The molecule has 0 saturated carbocycles. The number of benzene rings is 1. The molecule has 62 valence electrons. The summed E-state index contributed by atoms with van der Waals surface area (Å²) in [7, 11) is 0. The highest BCUT2D eigenvalue weighted by Crippen LogP contribution is 2.15. The van der Waals surface area contributed by atoms with Gasteiger partial charge in [0.25, 0.3) is 0 Å². The van der Waals surface area contributed by atoms with E-state index in [1.807, 2.05) is 12.1 Å². The summed E-state index contributed by atoms with van der Waals surface area (Å²) < 4.78 is 1.26. The van der Waals surface area contributed by atoms with E-state index in [-0.39, 0.29) is 12.4 Å². The summed E-state index contributed by atoms with van der Waals surface area (Å²) in [6.07, 6.45) is 1.08. The SMILES string of the molecule is CCc1ccc(N)cc1I.Cl. The smallest absolute Gasteiger partial charge is 0.0324 e. The number of hydrogen-bond acceptors (Lipinski definition) is 1. The molecule has 0 radical (unpaired) electrons. The standard InChI is InChI=1S/C8H10IN.ClH/c1-2-6-3-4-7(10)5-8(6)9;/h3-5H,2,10H2,1H3;1H. The third-order valence-electron chi connectivity index (χ3n) is 1.46. The Morgan fingerprint density at radius 1 is 1.45 bits per heavy atom. The van der Waals surface area contributed by atoms with Crippen molar-refractivity contribution >= 4 is 40.7 Å². The summed E-state index contributed by atoms with van der Waals surface area (Å²) in [6.45, 7) is 2.15. The molecule has 0 aliphatic heterocycles. The number of hydrogen-bond donors (Lipinski definition) is 1. The zero-order valence-electron chi connectivity index (χ0n) is 6.30. The van der Waals surface area contributed by atoms with Crippen molar-refractivity contribution in [1.29, 1.82) is 0 Å². The Hall–Kier alpha value is 0.0400. The van der Waals surface area contributed by atoms with E-state index in [0.29, 0.717) is 0 Å². The van der Waals surface area contributed by atoms with Crippen LogP contribution in [0.4, 0.5) is 5.69 Å². The van der Waals surface area contributed by atoms with Crippen LogP contribution in [0, 0.1) is 3.57 Å². The fraction of sp³-hybridized carbons (Fsp3) is 0.250. The molecule has 0 bridgehead atoms. The van der Waals surface area contributed by atoms with Crippen LogP contribution in [0.1, 0.15) is 12.5 Å². The highest BCUT2D eigenvalue weighted by atomic mass is 127. The van der Waals surface area contributed by atoms with E-state index in [0.717, 1.165) is 12.1 Å². The van der Waals surface area contributed by atoms with Gasteiger partial charge in [-0.25, -0.2) is 0 Å². The van der Waals surface area contributed by atoms with Gasteiger partial charge in [0.2, 0.25) is 0 Å². The predicted octanol–water partition coefficient (Wildman–Crippen LogP) is 2.86. The first kappa shape index (κ1) is 11.0. The number of nitrogens with two attached hydrogens (primary N) is 1. The van der Waals surface area contributed by atoms with Crippen molar-refractivity contribution in [1.82, 2.24) is 0 Å². The lowest BCUT2D eigenvalue weighted by Gasteiger charge is -2.00. The van der Waals surface area contributed by atoms with Crippen LogP contribution in [0.25, 0.3) is 0 Å². The Kier molecular flexibility index (Phi) is 4.84. The normalized spacial score (nSPS) is 8.91. The van der Waals surface area contributed by atoms with E-state index in [2.05, 4.69) is 35.6 Å². The molecule has 0 heterocycles. The first-order chi connectivity index (χ1) is 4.74. The minimum Gasteiger partial charge on any atom is -0.399 e. The lowest BCUT2D eigenvalue weighted by Crippen LogP contribution is -1.89. The molecule has 3 heteroatoms. The lowest BCUT2D eigenvalue weighted by molar-refractivity contribution is 1.13. The van der Waals surface area contributed by atoms with Crippen molar-refractivity contribution in [2.45, 2.75) is 13.3 Å². The van der Waals surface area contributed by atoms with Crippen molar-refractivity contribution < 1.29 is 0 Å². The van der Waals surface area contributed by atoms with Gasteiger partial charge in [-0.05, 0) is 46.7 Å². The molecular formula is C8H11ClIN. The Morgan fingerprint density at radius 3 is 2.55 bits per heavy atom. The van der Waals surface area contributed by atoms with Gasteiger partial charge in [0, 0.05) is 9.26 Å². The molecule has 11 heavy (non-hydrogen) atoms. The van der Waals surface area contributed by atoms with Crippen molar-refractivity contribution in [2.75, 3.05) is 5.73 Å². The molecule has 0 unspecified atom stereocenters. The zero-order chi connectivity index (χ0) is 7.56. The molecule has 1 rings (SSSR count). The van der Waals surface area contributed by atoms with Crippen molar-refractivity contribution in [3.8, 4) is 0 Å². The molecule has 1 aromatic carbocycles. The van der Waals surface area contributed by atoms with E-state index < -0.39 is 0 Å². The number of anilines is 1. The lowest BCUT2D eigenvalue weighted by atomic mass is 10.2. The number of rotatable bonds is 1. The average Bonchev–Trinajstić information content (AvgIpc) is 1.88. The van der Waals surface area contributed by atoms with Crippen LogP contribution in [-0.4, -0.2) is 0 Å². The van der Waals surface area contributed by atoms with Crippen LogP contribution in [-0.2, 0) is 6.42 Å². The number of nitrogen functional groups attached to an aromatic ring is 1. The van der Waals surface area contributed by atoms with Crippen LogP contribution in [0.5, 0.6) is 0 Å². The molecule has 0 amide bonds. The van der Waals surface area contributed by atoms with E-state index in [9.17, 15) is 0 Å². The Morgan fingerprint density at radius 2 is 2.09 bits per heavy atom. The molecule has 0 spiro atoms. The molecular weight excluding hydrogens is 272 g/mol. The van der Waals surface area contributed by atoms with Gasteiger partial charge in [0.15, 0.2) is 0 Å². The largest absolute Gasteiger partial charge is 0.399 e. The van der Waals surface area contributed by atoms with Gasteiger partial charge >= 0.3 is 0 Å². The van der Waals surface area contributed by atoms with Gasteiger partial charge in [-0.1, -0.05) is 13.0 Å². The van der Waals surface area contributed by atoms with Gasteiger partial charge in [0.05, 0.1) is 0 Å². The van der Waals surface area contributed by atoms with Crippen LogP contribution >= 0.6 is 35.0 Å². The summed E-state index contributed by atoms with van der Waals surface area (Å²) in [5.74, 6) is 0. The fourth-order valence-corrected chi connectivity index (χ4v) is 1.77. The Bertz CT molecular complexity index is 238. The molecule has 0 saturated heterocycles.